The molecular formula is C15H21N3O2. The minimum atomic E-state index is -0.0430. The standard InChI is InChI=1S/C15H21N3O2/c1-4-5-8-18(11-13-7-6-9-20-13)15(19)14-10-12(2)17(3)16-14/h6-7,9-10H,4-5,8,11H2,1-3H3. The number of aryl methyl sites for hydroxylation is 2. The third kappa shape index (κ3) is 3.29. The van der Waals surface area contributed by atoms with Crippen molar-refractivity contribution in [3.05, 3.63) is 41.6 Å². The van der Waals surface area contributed by atoms with Gasteiger partial charge in [0, 0.05) is 19.3 Å². The maximum Gasteiger partial charge on any atom is 0.274 e. The Balaban J connectivity index is 2.14. The lowest BCUT2D eigenvalue weighted by Gasteiger charge is -2.20. The summed E-state index contributed by atoms with van der Waals surface area (Å²) in [7, 11) is 1.84. The van der Waals surface area contributed by atoms with Crippen molar-refractivity contribution < 1.29 is 9.21 Å². The lowest BCUT2D eigenvalue weighted by molar-refractivity contribution is 0.0722. The first-order valence-corrected chi connectivity index (χ1v) is 6.94. The second-order valence-corrected chi connectivity index (χ2v) is 4.95. The molecule has 0 fully saturated rings. The molecule has 5 heteroatoms. The van der Waals surface area contributed by atoms with E-state index in [2.05, 4.69) is 12.0 Å². The van der Waals surface area contributed by atoms with Crippen molar-refractivity contribution in [3.63, 3.8) is 0 Å². The molecule has 2 aromatic rings. The molecule has 0 radical (unpaired) electrons. The zero-order valence-corrected chi connectivity index (χ0v) is 12.3. The Bertz CT molecular complexity index is 538. The number of carbonyl (C=O) groups excluding carboxylic acids is 1. The Morgan fingerprint density at radius 3 is 2.85 bits per heavy atom. The zero-order chi connectivity index (χ0) is 14.5. The Hall–Kier alpha value is -2.04. The van der Waals surface area contributed by atoms with Crippen LogP contribution in [0.1, 0.15) is 41.7 Å². The van der Waals surface area contributed by atoms with Crippen molar-refractivity contribution in [2.24, 2.45) is 7.05 Å². The molecule has 2 aromatic heterocycles. The first-order valence-electron chi connectivity index (χ1n) is 6.94. The molecule has 0 aliphatic rings. The van der Waals surface area contributed by atoms with Gasteiger partial charge in [-0.15, -0.1) is 0 Å². The number of carbonyl (C=O) groups is 1. The average molecular weight is 275 g/mol. The molecule has 0 spiro atoms. The molecule has 2 rings (SSSR count). The van der Waals surface area contributed by atoms with Crippen molar-refractivity contribution in [3.8, 4) is 0 Å². The summed E-state index contributed by atoms with van der Waals surface area (Å²) < 4.78 is 7.06. The third-order valence-corrected chi connectivity index (χ3v) is 3.33. The van der Waals surface area contributed by atoms with Gasteiger partial charge in [0.25, 0.3) is 5.91 Å². The molecular weight excluding hydrogens is 254 g/mol. The molecule has 0 aliphatic heterocycles. The minimum absolute atomic E-state index is 0.0430. The molecule has 0 saturated carbocycles. The zero-order valence-electron chi connectivity index (χ0n) is 12.3. The normalized spacial score (nSPS) is 10.8. The van der Waals surface area contributed by atoms with Crippen molar-refractivity contribution in [1.82, 2.24) is 14.7 Å². The van der Waals surface area contributed by atoms with Crippen LogP contribution >= 0.6 is 0 Å². The molecule has 0 unspecified atom stereocenters. The molecule has 0 aliphatic carbocycles. The van der Waals surface area contributed by atoms with Gasteiger partial charge in [-0.25, -0.2) is 0 Å². The van der Waals surface area contributed by atoms with Gasteiger partial charge in [-0.05, 0) is 31.5 Å². The number of nitrogens with zero attached hydrogens (tertiary/aromatic N) is 3. The number of unbranched alkanes of at least 4 members (excludes halogenated alkanes) is 1. The average Bonchev–Trinajstić information content (AvgIpc) is 3.05. The summed E-state index contributed by atoms with van der Waals surface area (Å²) in [5, 5.41) is 4.26. The van der Waals surface area contributed by atoms with Crippen LogP contribution < -0.4 is 0 Å². The van der Waals surface area contributed by atoms with Crippen LogP contribution in [-0.2, 0) is 13.6 Å². The fourth-order valence-electron chi connectivity index (χ4n) is 2.02. The number of hydrogen-bond donors (Lipinski definition) is 0. The minimum Gasteiger partial charge on any atom is -0.467 e. The summed E-state index contributed by atoms with van der Waals surface area (Å²) in [4.78, 5) is 14.3. The fourth-order valence-corrected chi connectivity index (χ4v) is 2.02. The van der Waals surface area contributed by atoms with E-state index in [9.17, 15) is 4.79 Å². The van der Waals surface area contributed by atoms with E-state index in [1.165, 1.54) is 0 Å². The van der Waals surface area contributed by atoms with Crippen LogP contribution in [0.5, 0.6) is 0 Å². The van der Waals surface area contributed by atoms with Gasteiger partial charge in [0.05, 0.1) is 12.8 Å². The largest absolute Gasteiger partial charge is 0.467 e. The Morgan fingerprint density at radius 2 is 2.30 bits per heavy atom. The number of aromatic nitrogens is 2. The molecule has 0 atom stereocenters. The van der Waals surface area contributed by atoms with Crippen molar-refractivity contribution in [2.45, 2.75) is 33.2 Å². The topological polar surface area (TPSA) is 51.3 Å². The summed E-state index contributed by atoms with van der Waals surface area (Å²) in [5.74, 6) is 0.751. The van der Waals surface area contributed by atoms with E-state index in [-0.39, 0.29) is 5.91 Å². The molecule has 0 N–H and O–H groups in total. The quantitative estimate of drug-likeness (QED) is 0.814. The third-order valence-electron chi connectivity index (χ3n) is 3.33. The van der Waals surface area contributed by atoms with Crippen LogP contribution in [-0.4, -0.2) is 27.1 Å². The predicted octanol–water partition coefficient (Wildman–Crippen LogP) is 2.76. The Kier molecular flexibility index (Phi) is 4.61. The number of hydrogen-bond acceptors (Lipinski definition) is 3. The Morgan fingerprint density at radius 1 is 1.50 bits per heavy atom. The van der Waals surface area contributed by atoms with E-state index >= 15 is 0 Å². The van der Waals surface area contributed by atoms with Gasteiger partial charge in [-0.1, -0.05) is 13.3 Å². The molecule has 5 nitrogen and oxygen atoms in total. The lowest BCUT2D eigenvalue weighted by Crippen LogP contribution is -2.31. The van der Waals surface area contributed by atoms with Crippen LogP contribution in [0.3, 0.4) is 0 Å². The van der Waals surface area contributed by atoms with Gasteiger partial charge < -0.3 is 9.32 Å². The van der Waals surface area contributed by atoms with Crippen molar-refractivity contribution >= 4 is 5.91 Å². The van der Waals surface area contributed by atoms with Gasteiger partial charge >= 0.3 is 0 Å². The molecule has 20 heavy (non-hydrogen) atoms. The first-order chi connectivity index (χ1) is 9.61. The number of rotatable bonds is 6. The van der Waals surface area contributed by atoms with E-state index in [0.717, 1.165) is 24.3 Å². The van der Waals surface area contributed by atoms with Crippen LogP contribution in [0.2, 0.25) is 0 Å². The molecule has 2 heterocycles. The van der Waals surface area contributed by atoms with E-state index in [1.54, 1.807) is 15.8 Å². The second kappa shape index (κ2) is 6.41. The molecule has 0 saturated heterocycles. The predicted molar refractivity (Wildman–Crippen MR) is 76.3 cm³/mol. The Labute approximate surface area is 119 Å². The molecule has 108 valence electrons. The van der Waals surface area contributed by atoms with Gasteiger partial charge in [0.1, 0.15) is 5.76 Å². The van der Waals surface area contributed by atoms with Gasteiger partial charge in [-0.2, -0.15) is 5.10 Å². The molecule has 0 bridgehead atoms. The van der Waals surface area contributed by atoms with Crippen molar-refractivity contribution in [1.29, 1.82) is 0 Å². The molecule has 1 amide bonds. The maximum atomic E-state index is 12.6. The summed E-state index contributed by atoms with van der Waals surface area (Å²) in [6, 6.07) is 5.54. The second-order valence-electron chi connectivity index (χ2n) is 4.95. The summed E-state index contributed by atoms with van der Waals surface area (Å²) in [6.07, 6.45) is 3.64. The number of furan rings is 1. The first kappa shape index (κ1) is 14.4. The number of amides is 1. The maximum absolute atomic E-state index is 12.6. The smallest absolute Gasteiger partial charge is 0.274 e. The monoisotopic (exact) mass is 275 g/mol. The van der Waals surface area contributed by atoms with E-state index < -0.39 is 0 Å². The van der Waals surface area contributed by atoms with Gasteiger partial charge in [-0.3, -0.25) is 9.48 Å². The van der Waals surface area contributed by atoms with Crippen molar-refractivity contribution in [2.75, 3.05) is 6.54 Å². The van der Waals surface area contributed by atoms with E-state index in [0.29, 0.717) is 18.8 Å². The highest BCUT2D eigenvalue weighted by Gasteiger charge is 2.19. The van der Waals surface area contributed by atoms with Crippen LogP contribution in [0.15, 0.2) is 28.9 Å². The van der Waals surface area contributed by atoms with Crippen LogP contribution in [0.4, 0.5) is 0 Å². The highest BCUT2D eigenvalue weighted by Crippen LogP contribution is 2.12. The summed E-state index contributed by atoms with van der Waals surface area (Å²) in [5.41, 5.74) is 1.47. The van der Waals surface area contributed by atoms with Gasteiger partial charge in [0.2, 0.25) is 0 Å². The highest BCUT2D eigenvalue weighted by atomic mass is 16.3. The lowest BCUT2D eigenvalue weighted by atomic mass is 10.2. The fraction of sp³-hybridized carbons (Fsp3) is 0.467. The van der Waals surface area contributed by atoms with Crippen LogP contribution in [0, 0.1) is 6.92 Å². The molecule has 0 aromatic carbocycles. The summed E-state index contributed by atoms with van der Waals surface area (Å²) >= 11 is 0. The summed E-state index contributed by atoms with van der Waals surface area (Å²) in [6.45, 7) is 5.25. The SMILES string of the molecule is CCCCN(Cc1ccco1)C(=O)c1cc(C)n(C)n1. The highest BCUT2D eigenvalue weighted by molar-refractivity contribution is 5.92. The van der Waals surface area contributed by atoms with E-state index in [4.69, 9.17) is 4.42 Å². The van der Waals surface area contributed by atoms with E-state index in [1.807, 2.05) is 32.2 Å². The van der Waals surface area contributed by atoms with Gasteiger partial charge in [0.15, 0.2) is 5.69 Å². The van der Waals surface area contributed by atoms with Crippen LogP contribution in [0.25, 0.3) is 0 Å².